The molecule has 1 spiro atoms. The number of hydrogen-bond donors (Lipinski definition) is 1. The molecule has 3 rings (SSSR count). The average Bonchev–Trinajstić information content (AvgIpc) is 2.74. The van der Waals surface area contributed by atoms with Gasteiger partial charge in [-0.05, 0) is 32.0 Å². The lowest BCUT2D eigenvalue weighted by Crippen LogP contribution is -2.64. The molecular formula is C17H23ClFNO. The molecule has 0 saturated heterocycles. The van der Waals surface area contributed by atoms with Crippen LogP contribution in [0.5, 0.6) is 5.75 Å². The van der Waals surface area contributed by atoms with E-state index in [1.165, 1.54) is 44.6 Å². The molecular weight excluding hydrogens is 289 g/mol. The molecule has 0 radical (unpaired) electrons. The molecule has 0 bridgehead atoms. The van der Waals surface area contributed by atoms with Crippen LogP contribution < -0.4 is 10.1 Å². The standard InChI is InChI=1S/C17H23ClFNO/c1-20-15-11-16(17(15)8-4-2-3-5-9-17)21-12-6-7-14(19)13(18)10-12/h6-7,10,15-16,20H,2-5,8-9,11H2,1H3. The molecule has 2 saturated carbocycles. The van der Waals surface area contributed by atoms with Crippen LogP contribution in [0.4, 0.5) is 4.39 Å². The van der Waals surface area contributed by atoms with Gasteiger partial charge in [-0.25, -0.2) is 4.39 Å². The van der Waals surface area contributed by atoms with Crippen LogP contribution in [0.2, 0.25) is 5.02 Å². The number of nitrogens with one attached hydrogen (secondary N) is 1. The molecule has 0 aromatic heterocycles. The van der Waals surface area contributed by atoms with E-state index in [4.69, 9.17) is 16.3 Å². The molecule has 1 aromatic carbocycles. The molecule has 2 fully saturated rings. The predicted octanol–water partition coefficient (Wildman–Crippen LogP) is 4.56. The second-order valence-corrected chi connectivity index (χ2v) is 6.81. The highest BCUT2D eigenvalue weighted by Gasteiger charge is 2.55. The van der Waals surface area contributed by atoms with E-state index < -0.39 is 5.82 Å². The highest BCUT2D eigenvalue weighted by molar-refractivity contribution is 6.30. The third-order valence-corrected chi connectivity index (χ3v) is 5.63. The Bertz CT molecular complexity index is 500. The molecule has 4 heteroatoms. The summed E-state index contributed by atoms with van der Waals surface area (Å²) in [4.78, 5) is 0. The van der Waals surface area contributed by atoms with Crippen LogP contribution in [0.3, 0.4) is 0 Å². The quantitative estimate of drug-likeness (QED) is 0.883. The van der Waals surface area contributed by atoms with Gasteiger partial charge in [-0.2, -0.15) is 0 Å². The summed E-state index contributed by atoms with van der Waals surface area (Å²) in [6, 6.07) is 5.19. The van der Waals surface area contributed by atoms with Crippen molar-refractivity contribution < 1.29 is 9.13 Å². The van der Waals surface area contributed by atoms with Crippen LogP contribution in [0.1, 0.15) is 44.9 Å². The van der Waals surface area contributed by atoms with Gasteiger partial charge in [0.15, 0.2) is 0 Å². The lowest BCUT2D eigenvalue weighted by atomic mass is 9.58. The second kappa shape index (κ2) is 6.13. The number of hydrogen-bond acceptors (Lipinski definition) is 2. The Balaban J connectivity index is 1.76. The fourth-order valence-electron chi connectivity index (χ4n) is 4.09. The summed E-state index contributed by atoms with van der Waals surface area (Å²) >= 11 is 5.85. The van der Waals surface area contributed by atoms with Crippen LogP contribution in [0.25, 0.3) is 0 Å². The third-order valence-electron chi connectivity index (χ3n) is 5.34. The zero-order chi connectivity index (χ0) is 14.9. The van der Waals surface area contributed by atoms with Crippen molar-refractivity contribution in [3.05, 3.63) is 29.0 Å². The van der Waals surface area contributed by atoms with E-state index in [0.29, 0.717) is 11.8 Å². The molecule has 2 atom stereocenters. The van der Waals surface area contributed by atoms with Gasteiger partial charge in [0.1, 0.15) is 17.7 Å². The Kier molecular flexibility index (Phi) is 4.41. The summed E-state index contributed by atoms with van der Waals surface area (Å²) in [5.41, 5.74) is 0.242. The van der Waals surface area contributed by atoms with Gasteiger partial charge >= 0.3 is 0 Å². The summed E-state index contributed by atoms with van der Waals surface area (Å²) in [5, 5.41) is 3.59. The Hall–Kier alpha value is -0.800. The summed E-state index contributed by atoms with van der Waals surface area (Å²) in [6.45, 7) is 0. The molecule has 2 aliphatic rings. The van der Waals surface area contributed by atoms with Crippen molar-refractivity contribution in [3.8, 4) is 5.75 Å². The minimum absolute atomic E-state index is 0.131. The van der Waals surface area contributed by atoms with Crippen LogP contribution in [-0.4, -0.2) is 19.2 Å². The first kappa shape index (κ1) is 15.1. The first-order valence-electron chi connectivity index (χ1n) is 7.95. The molecule has 21 heavy (non-hydrogen) atoms. The topological polar surface area (TPSA) is 21.3 Å². The van der Waals surface area contributed by atoms with Crippen LogP contribution in [-0.2, 0) is 0 Å². The molecule has 116 valence electrons. The van der Waals surface area contributed by atoms with Gasteiger partial charge in [-0.15, -0.1) is 0 Å². The molecule has 0 heterocycles. The summed E-state index contributed by atoms with van der Waals surface area (Å²) in [6.07, 6.45) is 8.89. The van der Waals surface area contributed by atoms with E-state index in [1.54, 1.807) is 12.1 Å². The first-order valence-corrected chi connectivity index (χ1v) is 8.32. The maximum Gasteiger partial charge on any atom is 0.142 e. The molecule has 2 unspecified atom stereocenters. The monoisotopic (exact) mass is 311 g/mol. The Morgan fingerprint density at radius 3 is 2.57 bits per heavy atom. The number of halogens is 2. The normalized spacial score (nSPS) is 28.0. The average molecular weight is 312 g/mol. The smallest absolute Gasteiger partial charge is 0.142 e. The van der Waals surface area contributed by atoms with Gasteiger partial charge in [0.2, 0.25) is 0 Å². The lowest BCUT2D eigenvalue weighted by molar-refractivity contribution is -0.0882. The zero-order valence-corrected chi connectivity index (χ0v) is 13.3. The van der Waals surface area contributed by atoms with Crippen molar-refractivity contribution in [3.63, 3.8) is 0 Å². The van der Waals surface area contributed by atoms with E-state index in [9.17, 15) is 4.39 Å². The Morgan fingerprint density at radius 2 is 1.95 bits per heavy atom. The lowest BCUT2D eigenvalue weighted by Gasteiger charge is -2.55. The minimum Gasteiger partial charge on any atom is -0.490 e. The fourth-order valence-corrected chi connectivity index (χ4v) is 4.26. The van der Waals surface area contributed by atoms with E-state index in [1.807, 2.05) is 7.05 Å². The van der Waals surface area contributed by atoms with Crippen molar-refractivity contribution in [2.24, 2.45) is 5.41 Å². The van der Waals surface area contributed by atoms with E-state index in [2.05, 4.69) is 5.32 Å². The molecule has 2 nitrogen and oxygen atoms in total. The fraction of sp³-hybridized carbons (Fsp3) is 0.647. The van der Waals surface area contributed by atoms with Crippen molar-refractivity contribution in [2.75, 3.05) is 7.05 Å². The zero-order valence-electron chi connectivity index (χ0n) is 12.5. The largest absolute Gasteiger partial charge is 0.490 e. The molecule has 2 aliphatic carbocycles. The van der Waals surface area contributed by atoms with Gasteiger partial charge in [0.05, 0.1) is 5.02 Å². The molecule has 1 N–H and O–H groups in total. The SMILES string of the molecule is CNC1CC(Oc2ccc(F)c(Cl)c2)C12CCCCCC2. The minimum atomic E-state index is -0.394. The van der Waals surface area contributed by atoms with Crippen LogP contribution in [0.15, 0.2) is 18.2 Å². The summed E-state index contributed by atoms with van der Waals surface area (Å²) < 4.78 is 19.4. The maximum absolute atomic E-state index is 13.3. The molecule has 0 aliphatic heterocycles. The highest BCUT2D eigenvalue weighted by Crippen LogP contribution is 2.52. The van der Waals surface area contributed by atoms with Gasteiger partial charge in [0, 0.05) is 23.9 Å². The number of rotatable bonds is 3. The number of ether oxygens (including phenoxy) is 1. The van der Waals surface area contributed by atoms with Crippen molar-refractivity contribution >= 4 is 11.6 Å². The van der Waals surface area contributed by atoms with Crippen molar-refractivity contribution in [2.45, 2.75) is 57.1 Å². The van der Waals surface area contributed by atoms with E-state index >= 15 is 0 Å². The third kappa shape index (κ3) is 2.78. The van der Waals surface area contributed by atoms with Gasteiger partial charge < -0.3 is 10.1 Å². The maximum atomic E-state index is 13.3. The van der Waals surface area contributed by atoms with Crippen LogP contribution in [0, 0.1) is 11.2 Å². The summed E-state index contributed by atoms with van der Waals surface area (Å²) in [7, 11) is 2.04. The first-order chi connectivity index (χ1) is 10.2. The van der Waals surface area contributed by atoms with E-state index in [0.717, 1.165) is 6.42 Å². The van der Waals surface area contributed by atoms with Gasteiger partial charge in [-0.1, -0.05) is 37.3 Å². The highest BCUT2D eigenvalue weighted by atomic mass is 35.5. The Labute approximate surface area is 131 Å². The Morgan fingerprint density at radius 1 is 1.24 bits per heavy atom. The van der Waals surface area contributed by atoms with Crippen molar-refractivity contribution in [1.29, 1.82) is 0 Å². The molecule has 0 amide bonds. The van der Waals surface area contributed by atoms with E-state index in [-0.39, 0.29) is 16.5 Å². The van der Waals surface area contributed by atoms with Gasteiger partial charge in [0.25, 0.3) is 0 Å². The molecule has 1 aromatic rings. The summed E-state index contributed by atoms with van der Waals surface area (Å²) in [5.74, 6) is 0.291. The predicted molar refractivity (Wildman–Crippen MR) is 83.4 cm³/mol. The second-order valence-electron chi connectivity index (χ2n) is 6.41. The van der Waals surface area contributed by atoms with Gasteiger partial charge in [-0.3, -0.25) is 0 Å². The number of benzene rings is 1. The van der Waals surface area contributed by atoms with Crippen LogP contribution >= 0.6 is 11.6 Å². The van der Waals surface area contributed by atoms with Crippen molar-refractivity contribution in [1.82, 2.24) is 5.32 Å².